The van der Waals surface area contributed by atoms with Crippen LogP contribution in [0.3, 0.4) is 0 Å². The van der Waals surface area contributed by atoms with Crippen LogP contribution in [0.1, 0.15) is 34.8 Å². The van der Waals surface area contributed by atoms with E-state index < -0.39 is 0 Å². The van der Waals surface area contributed by atoms with Gasteiger partial charge >= 0.3 is 0 Å². The van der Waals surface area contributed by atoms with Gasteiger partial charge in [-0.2, -0.15) is 0 Å². The van der Waals surface area contributed by atoms with Gasteiger partial charge in [-0.3, -0.25) is 9.36 Å². The van der Waals surface area contributed by atoms with Crippen LogP contribution >= 0.6 is 11.8 Å². The van der Waals surface area contributed by atoms with E-state index in [4.69, 9.17) is 0 Å². The van der Waals surface area contributed by atoms with E-state index in [1.54, 1.807) is 28.8 Å². The molecule has 0 spiro atoms. The first-order chi connectivity index (χ1) is 16.5. The summed E-state index contributed by atoms with van der Waals surface area (Å²) in [6.07, 6.45) is 0.927. The highest BCUT2D eigenvalue weighted by Crippen LogP contribution is 2.30. The van der Waals surface area contributed by atoms with Crippen molar-refractivity contribution in [3.05, 3.63) is 95.3 Å². The molecule has 34 heavy (non-hydrogen) atoms. The summed E-state index contributed by atoms with van der Waals surface area (Å²) in [6, 6.07) is 22.1. The minimum Gasteiger partial charge on any atom is -0.342 e. The standard InChI is InChI=1S/C27H27FN4OS/c1-4-17-31(3)26(33)22-11-7-20(8-12-22)18-34-27-30-29-25(21-9-5-19(2)6-10-21)32(27)24-15-13-23(28)14-16-24/h5-16H,4,17-18H2,1-3H3. The molecule has 0 unspecified atom stereocenters. The molecule has 4 aromatic rings. The fraction of sp³-hybridized carbons (Fsp3) is 0.222. The number of carbonyl (C=O) groups excluding carboxylic acids is 1. The number of aryl methyl sites for hydroxylation is 1. The maximum absolute atomic E-state index is 13.6. The summed E-state index contributed by atoms with van der Waals surface area (Å²) in [6.45, 7) is 4.83. The Morgan fingerprint density at radius 3 is 2.29 bits per heavy atom. The number of benzene rings is 3. The summed E-state index contributed by atoms with van der Waals surface area (Å²) in [5.74, 6) is 1.10. The zero-order valence-electron chi connectivity index (χ0n) is 19.5. The molecule has 0 N–H and O–H groups in total. The van der Waals surface area contributed by atoms with Crippen LogP contribution in [0, 0.1) is 12.7 Å². The molecule has 5 nitrogen and oxygen atoms in total. The van der Waals surface area contributed by atoms with E-state index in [1.807, 2.05) is 67.1 Å². The van der Waals surface area contributed by atoms with Crippen LogP contribution in [-0.4, -0.2) is 39.2 Å². The molecule has 0 atom stereocenters. The molecule has 0 saturated heterocycles. The average molecular weight is 475 g/mol. The number of amides is 1. The van der Waals surface area contributed by atoms with E-state index in [1.165, 1.54) is 12.1 Å². The van der Waals surface area contributed by atoms with Crippen LogP contribution in [0.4, 0.5) is 4.39 Å². The van der Waals surface area contributed by atoms with Gasteiger partial charge in [-0.15, -0.1) is 10.2 Å². The van der Waals surface area contributed by atoms with Gasteiger partial charge in [0.05, 0.1) is 0 Å². The molecule has 0 aliphatic rings. The maximum Gasteiger partial charge on any atom is 0.253 e. The van der Waals surface area contributed by atoms with Crippen molar-refractivity contribution in [3.8, 4) is 17.1 Å². The second-order valence-corrected chi connectivity index (χ2v) is 9.14. The summed E-state index contributed by atoms with van der Waals surface area (Å²) in [7, 11) is 1.82. The number of hydrogen-bond acceptors (Lipinski definition) is 4. The topological polar surface area (TPSA) is 51.0 Å². The fourth-order valence-electron chi connectivity index (χ4n) is 3.62. The van der Waals surface area contributed by atoms with Crippen molar-refractivity contribution in [2.24, 2.45) is 0 Å². The Labute approximate surface area is 203 Å². The Morgan fingerprint density at radius 1 is 0.971 bits per heavy atom. The minimum absolute atomic E-state index is 0.0276. The molecule has 1 amide bonds. The lowest BCUT2D eigenvalue weighted by Gasteiger charge is -2.16. The lowest BCUT2D eigenvalue weighted by molar-refractivity contribution is 0.0795. The van der Waals surface area contributed by atoms with E-state index in [2.05, 4.69) is 17.1 Å². The van der Waals surface area contributed by atoms with Crippen molar-refractivity contribution in [3.63, 3.8) is 0 Å². The Bertz CT molecular complexity index is 1250. The predicted octanol–water partition coefficient (Wildman–Crippen LogP) is 6.16. The summed E-state index contributed by atoms with van der Waals surface area (Å²) in [5.41, 5.74) is 4.65. The summed E-state index contributed by atoms with van der Waals surface area (Å²) in [5, 5.41) is 9.60. The Morgan fingerprint density at radius 2 is 1.65 bits per heavy atom. The van der Waals surface area contributed by atoms with Crippen LogP contribution in [0.15, 0.2) is 78.0 Å². The smallest absolute Gasteiger partial charge is 0.253 e. The Balaban J connectivity index is 1.58. The molecule has 0 fully saturated rings. The SMILES string of the molecule is CCCN(C)C(=O)c1ccc(CSc2nnc(-c3ccc(C)cc3)n2-c2ccc(F)cc2)cc1. The molecule has 0 aliphatic heterocycles. The van der Waals surface area contributed by atoms with Gasteiger partial charge in [0.2, 0.25) is 0 Å². The highest BCUT2D eigenvalue weighted by atomic mass is 32.2. The largest absolute Gasteiger partial charge is 0.342 e. The number of carbonyl (C=O) groups is 1. The average Bonchev–Trinajstić information content (AvgIpc) is 3.27. The third-order valence-corrected chi connectivity index (χ3v) is 6.50. The van der Waals surface area contributed by atoms with E-state index in [9.17, 15) is 9.18 Å². The van der Waals surface area contributed by atoms with Gasteiger partial charge in [0.15, 0.2) is 11.0 Å². The highest BCUT2D eigenvalue weighted by Gasteiger charge is 2.17. The van der Waals surface area contributed by atoms with Gasteiger partial charge in [-0.25, -0.2) is 4.39 Å². The van der Waals surface area contributed by atoms with Crippen molar-refractivity contribution in [2.45, 2.75) is 31.2 Å². The van der Waals surface area contributed by atoms with Gasteiger partial charge in [0, 0.05) is 36.2 Å². The maximum atomic E-state index is 13.6. The quantitative estimate of drug-likeness (QED) is 0.287. The number of halogens is 1. The van der Waals surface area contributed by atoms with Crippen LogP contribution in [-0.2, 0) is 5.75 Å². The third kappa shape index (κ3) is 5.37. The Kier molecular flexibility index (Phi) is 7.43. The monoisotopic (exact) mass is 474 g/mol. The first-order valence-corrected chi connectivity index (χ1v) is 12.2. The second kappa shape index (κ2) is 10.7. The molecule has 1 aromatic heterocycles. The molecule has 3 aromatic carbocycles. The van der Waals surface area contributed by atoms with Crippen molar-refractivity contribution in [1.82, 2.24) is 19.7 Å². The van der Waals surface area contributed by atoms with Gasteiger partial charge < -0.3 is 4.90 Å². The molecule has 0 aliphatic carbocycles. The third-order valence-electron chi connectivity index (χ3n) is 5.50. The van der Waals surface area contributed by atoms with Crippen molar-refractivity contribution in [2.75, 3.05) is 13.6 Å². The number of nitrogens with zero attached hydrogens (tertiary/aromatic N) is 4. The van der Waals surface area contributed by atoms with Crippen LogP contribution in [0.2, 0.25) is 0 Å². The summed E-state index contributed by atoms with van der Waals surface area (Å²) >= 11 is 1.55. The van der Waals surface area contributed by atoms with Gasteiger partial charge in [-0.1, -0.05) is 60.6 Å². The molecule has 0 bridgehead atoms. The molecule has 174 valence electrons. The van der Waals surface area contributed by atoms with E-state index in [0.29, 0.717) is 22.3 Å². The molecule has 4 rings (SSSR count). The van der Waals surface area contributed by atoms with E-state index >= 15 is 0 Å². The molecular formula is C27H27FN4OS. The fourth-order valence-corrected chi connectivity index (χ4v) is 4.53. The van der Waals surface area contributed by atoms with Crippen molar-refractivity contribution < 1.29 is 9.18 Å². The zero-order chi connectivity index (χ0) is 24.1. The number of thioether (sulfide) groups is 1. The normalized spacial score (nSPS) is 10.9. The molecular weight excluding hydrogens is 447 g/mol. The van der Waals surface area contributed by atoms with Crippen LogP contribution in [0.5, 0.6) is 0 Å². The highest BCUT2D eigenvalue weighted by molar-refractivity contribution is 7.98. The number of rotatable bonds is 8. The van der Waals surface area contributed by atoms with Crippen molar-refractivity contribution in [1.29, 1.82) is 0 Å². The molecule has 0 saturated carbocycles. The van der Waals surface area contributed by atoms with E-state index in [0.717, 1.165) is 35.3 Å². The summed E-state index contributed by atoms with van der Waals surface area (Å²) < 4.78 is 15.5. The van der Waals surface area contributed by atoms with Crippen LogP contribution in [0.25, 0.3) is 17.1 Å². The van der Waals surface area contributed by atoms with Gasteiger partial charge in [0.25, 0.3) is 5.91 Å². The second-order valence-electron chi connectivity index (χ2n) is 8.20. The molecule has 1 heterocycles. The lowest BCUT2D eigenvalue weighted by atomic mass is 10.1. The first-order valence-electron chi connectivity index (χ1n) is 11.2. The molecule has 0 radical (unpaired) electrons. The summed E-state index contributed by atoms with van der Waals surface area (Å²) in [4.78, 5) is 14.2. The first kappa shape index (κ1) is 23.7. The van der Waals surface area contributed by atoms with Gasteiger partial charge in [-0.05, 0) is 55.3 Å². The van der Waals surface area contributed by atoms with Crippen LogP contribution < -0.4 is 0 Å². The predicted molar refractivity (Wildman–Crippen MR) is 135 cm³/mol. The molecule has 7 heteroatoms. The van der Waals surface area contributed by atoms with E-state index in [-0.39, 0.29) is 11.7 Å². The zero-order valence-corrected chi connectivity index (χ0v) is 20.3. The number of aromatic nitrogens is 3. The Hall–Kier alpha value is -3.45. The van der Waals surface area contributed by atoms with Crippen molar-refractivity contribution >= 4 is 17.7 Å². The number of hydrogen-bond donors (Lipinski definition) is 0. The minimum atomic E-state index is -0.290. The lowest BCUT2D eigenvalue weighted by Crippen LogP contribution is -2.27. The van der Waals surface area contributed by atoms with Gasteiger partial charge in [0.1, 0.15) is 5.82 Å².